The first kappa shape index (κ1) is 17.1. The molecule has 0 aliphatic carbocycles. The molecule has 120 valence electrons. The van der Waals surface area contributed by atoms with Crippen molar-refractivity contribution < 1.29 is 4.42 Å². The van der Waals surface area contributed by atoms with Crippen LogP contribution >= 0.6 is 24.2 Å². The standard InChI is InChI=1S/C15H20N4OS.ClH/c1-11-4-2-3-5-13(11)21-12-6-8-19(9-7-12)15-18-17-14(10-16)20-15;/h2-5,12H,6-10,16H2,1H3;1H. The summed E-state index contributed by atoms with van der Waals surface area (Å²) in [6.07, 6.45) is 2.25. The molecule has 1 fully saturated rings. The van der Waals surface area contributed by atoms with Gasteiger partial charge in [-0.15, -0.1) is 29.3 Å². The molecule has 1 aliphatic heterocycles. The first-order chi connectivity index (χ1) is 10.3. The molecule has 1 aliphatic rings. The van der Waals surface area contributed by atoms with Gasteiger partial charge in [0.1, 0.15) is 0 Å². The van der Waals surface area contributed by atoms with Crippen LogP contribution in [0.3, 0.4) is 0 Å². The quantitative estimate of drug-likeness (QED) is 0.922. The number of benzene rings is 1. The molecule has 2 aromatic rings. The lowest BCUT2D eigenvalue weighted by Crippen LogP contribution is -2.35. The molecule has 2 N–H and O–H groups in total. The Kier molecular flexibility index (Phi) is 6.11. The van der Waals surface area contributed by atoms with Gasteiger partial charge in [0.15, 0.2) is 0 Å². The molecule has 0 unspecified atom stereocenters. The summed E-state index contributed by atoms with van der Waals surface area (Å²) in [6, 6.07) is 9.18. The van der Waals surface area contributed by atoms with E-state index in [9.17, 15) is 0 Å². The Morgan fingerprint density at radius 3 is 2.64 bits per heavy atom. The topological polar surface area (TPSA) is 68.2 Å². The van der Waals surface area contributed by atoms with Gasteiger partial charge in [-0.05, 0) is 31.4 Å². The number of nitrogens with zero attached hydrogens (tertiary/aromatic N) is 3. The molecule has 22 heavy (non-hydrogen) atoms. The second kappa shape index (κ2) is 7.85. The number of nitrogens with two attached hydrogens (primary N) is 1. The Hall–Kier alpha value is -1.24. The predicted octanol–water partition coefficient (Wildman–Crippen LogP) is 3.02. The van der Waals surface area contributed by atoms with E-state index in [-0.39, 0.29) is 12.4 Å². The van der Waals surface area contributed by atoms with E-state index in [1.165, 1.54) is 10.5 Å². The zero-order chi connectivity index (χ0) is 14.7. The van der Waals surface area contributed by atoms with Crippen molar-refractivity contribution in [3.63, 3.8) is 0 Å². The SMILES string of the molecule is Cc1ccccc1SC1CCN(c2nnc(CN)o2)CC1.Cl. The fourth-order valence-corrected chi connectivity index (χ4v) is 3.70. The van der Waals surface area contributed by atoms with E-state index in [0.29, 0.717) is 23.7 Å². The van der Waals surface area contributed by atoms with Gasteiger partial charge < -0.3 is 15.1 Å². The Morgan fingerprint density at radius 1 is 1.27 bits per heavy atom. The molecule has 0 bridgehead atoms. The Morgan fingerprint density at radius 2 is 2.00 bits per heavy atom. The fraction of sp³-hybridized carbons (Fsp3) is 0.467. The maximum absolute atomic E-state index is 5.52. The van der Waals surface area contributed by atoms with Crippen molar-refractivity contribution >= 4 is 30.2 Å². The number of thioether (sulfide) groups is 1. The second-order valence-corrected chi connectivity index (χ2v) is 6.59. The van der Waals surface area contributed by atoms with Gasteiger partial charge in [-0.25, -0.2) is 0 Å². The van der Waals surface area contributed by atoms with Crippen LogP contribution in [0.1, 0.15) is 24.3 Å². The van der Waals surface area contributed by atoms with E-state index in [4.69, 9.17) is 10.2 Å². The molecule has 1 aromatic heterocycles. The summed E-state index contributed by atoms with van der Waals surface area (Å²) < 4.78 is 5.52. The van der Waals surface area contributed by atoms with Crippen LogP contribution in [-0.4, -0.2) is 28.5 Å². The van der Waals surface area contributed by atoms with Gasteiger partial charge in [-0.2, -0.15) is 0 Å². The van der Waals surface area contributed by atoms with Crippen molar-refractivity contribution in [2.24, 2.45) is 5.73 Å². The molecule has 0 radical (unpaired) electrons. The maximum Gasteiger partial charge on any atom is 0.318 e. The van der Waals surface area contributed by atoms with E-state index in [2.05, 4.69) is 46.3 Å². The van der Waals surface area contributed by atoms with Crippen LogP contribution in [0.25, 0.3) is 0 Å². The van der Waals surface area contributed by atoms with Crippen molar-refractivity contribution in [2.75, 3.05) is 18.0 Å². The molecule has 5 nitrogen and oxygen atoms in total. The lowest BCUT2D eigenvalue weighted by atomic mass is 10.1. The van der Waals surface area contributed by atoms with E-state index >= 15 is 0 Å². The molecule has 0 atom stereocenters. The summed E-state index contributed by atoms with van der Waals surface area (Å²) in [5.41, 5.74) is 6.85. The van der Waals surface area contributed by atoms with Gasteiger partial charge in [0.05, 0.1) is 6.54 Å². The summed E-state index contributed by atoms with van der Waals surface area (Å²) in [5, 5.41) is 8.63. The summed E-state index contributed by atoms with van der Waals surface area (Å²) in [4.78, 5) is 3.54. The van der Waals surface area contributed by atoms with E-state index in [0.717, 1.165) is 25.9 Å². The van der Waals surface area contributed by atoms with E-state index in [1.54, 1.807) is 0 Å². The second-order valence-electron chi connectivity index (χ2n) is 5.25. The molecule has 3 rings (SSSR count). The molecule has 0 saturated carbocycles. The van der Waals surface area contributed by atoms with E-state index < -0.39 is 0 Å². The smallest absolute Gasteiger partial charge is 0.318 e. The maximum atomic E-state index is 5.52. The Bertz CT molecular complexity index is 599. The van der Waals surface area contributed by atoms with Crippen LogP contribution < -0.4 is 10.6 Å². The highest BCUT2D eigenvalue weighted by Crippen LogP contribution is 2.33. The highest BCUT2D eigenvalue weighted by atomic mass is 35.5. The van der Waals surface area contributed by atoms with Crippen LogP contribution in [0.2, 0.25) is 0 Å². The number of aromatic nitrogens is 2. The van der Waals surface area contributed by atoms with Gasteiger partial charge in [0.25, 0.3) is 0 Å². The minimum Gasteiger partial charge on any atom is -0.407 e. The van der Waals surface area contributed by atoms with Crippen LogP contribution in [0.15, 0.2) is 33.6 Å². The zero-order valence-electron chi connectivity index (χ0n) is 12.6. The average Bonchev–Trinajstić information content (AvgIpc) is 2.99. The third-order valence-corrected chi connectivity index (χ3v) is 5.25. The third-order valence-electron chi connectivity index (χ3n) is 3.73. The van der Waals surface area contributed by atoms with Crippen molar-refractivity contribution in [1.82, 2.24) is 10.2 Å². The minimum atomic E-state index is 0. The number of rotatable bonds is 4. The molecule has 1 saturated heterocycles. The zero-order valence-corrected chi connectivity index (χ0v) is 14.2. The van der Waals surface area contributed by atoms with Crippen LogP contribution in [0.4, 0.5) is 6.01 Å². The lowest BCUT2D eigenvalue weighted by molar-refractivity contribution is 0.465. The number of halogens is 1. The largest absolute Gasteiger partial charge is 0.407 e. The highest BCUT2D eigenvalue weighted by Gasteiger charge is 2.23. The van der Waals surface area contributed by atoms with E-state index in [1.807, 2.05) is 11.8 Å². The molecule has 0 amide bonds. The predicted molar refractivity (Wildman–Crippen MR) is 91.7 cm³/mol. The van der Waals surface area contributed by atoms with Gasteiger partial charge in [0, 0.05) is 23.2 Å². The Labute approximate surface area is 141 Å². The number of hydrogen-bond donors (Lipinski definition) is 1. The van der Waals surface area contributed by atoms with Gasteiger partial charge in [-0.3, -0.25) is 0 Å². The molecular formula is C15H21ClN4OS. The number of aryl methyl sites for hydroxylation is 1. The first-order valence-corrected chi connectivity index (χ1v) is 8.14. The van der Waals surface area contributed by atoms with Crippen LogP contribution in [0.5, 0.6) is 0 Å². The summed E-state index contributed by atoms with van der Waals surface area (Å²) >= 11 is 1.98. The first-order valence-electron chi connectivity index (χ1n) is 7.26. The van der Waals surface area contributed by atoms with Gasteiger partial charge in [0.2, 0.25) is 5.89 Å². The van der Waals surface area contributed by atoms with Crippen molar-refractivity contribution in [3.8, 4) is 0 Å². The van der Waals surface area contributed by atoms with Crippen molar-refractivity contribution in [3.05, 3.63) is 35.7 Å². The minimum absolute atomic E-state index is 0. The monoisotopic (exact) mass is 340 g/mol. The number of piperidine rings is 1. The average molecular weight is 341 g/mol. The molecule has 7 heteroatoms. The summed E-state index contributed by atoms with van der Waals surface area (Å²) in [6.45, 7) is 4.38. The lowest BCUT2D eigenvalue weighted by Gasteiger charge is -2.30. The number of anilines is 1. The van der Waals surface area contributed by atoms with Gasteiger partial charge >= 0.3 is 6.01 Å². The van der Waals surface area contributed by atoms with Gasteiger partial charge in [-0.1, -0.05) is 23.3 Å². The number of hydrogen-bond acceptors (Lipinski definition) is 6. The summed E-state index contributed by atoms with van der Waals surface area (Å²) in [7, 11) is 0. The normalized spacial score (nSPS) is 15.6. The van der Waals surface area contributed by atoms with Crippen molar-refractivity contribution in [2.45, 2.75) is 36.5 Å². The molecular weight excluding hydrogens is 320 g/mol. The van der Waals surface area contributed by atoms with Crippen LogP contribution in [-0.2, 0) is 6.54 Å². The highest BCUT2D eigenvalue weighted by molar-refractivity contribution is 8.00. The molecule has 2 heterocycles. The Balaban J connectivity index is 0.00000176. The van der Waals surface area contributed by atoms with Crippen LogP contribution in [0, 0.1) is 6.92 Å². The fourth-order valence-electron chi connectivity index (χ4n) is 2.49. The van der Waals surface area contributed by atoms with Crippen molar-refractivity contribution in [1.29, 1.82) is 0 Å². The third kappa shape index (κ3) is 3.94. The molecule has 1 aromatic carbocycles. The summed E-state index contributed by atoms with van der Waals surface area (Å²) in [5.74, 6) is 0.501. The molecule has 0 spiro atoms.